The first-order valence-electron chi connectivity index (χ1n) is 8.92. The van der Waals surface area contributed by atoms with E-state index in [4.69, 9.17) is 9.88 Å². The molecule has 2 aromatic rings. The van der Waals surface area contributed by atoms with Crippen LogP contribution in [0.2, 0.25) is 0 Å². The molecular formula is C20H24N2O4S. The highest BCUT2D eigenvalue weighted by molar-refractivity contribution is 7.89. The number of sulfonamides is 1. The summed E-state index contributed by atoms with van der Waals surface area (Å²) < 4.78 is 28.4. The Bertz CT molecular complexity index is 941. The van der Waals surface area contributed by atoms with Crippen LogP contribution in [-0.2, 0) is 27.7 Å². The molecule has 1 aliphatic rings. The van der Waals surface area contributed by atoms with Crippen molar-refractivity contribution < 1.29 is 17.9 Å². The lowest BCUT2D eigenvalue weighted by Crippen LogP contribution is -2.27. The first-order valence-corrected chi connectivity index (χ1v) is 10.5. The van der Waals surface area contributed by atoms with Gasteiger partial charge in [0, 0.05) is 13.0 Å². The smallest absolute Gasteiger partial charge is 0.241 e. The van der Waals surface area contributed by atoms with E-state index in [1.54, 1.807) is 12.1 Å². The average Bonchev–Trinajstić information content (AvgIpc) is 3.04. The Morgan fingerprint density at radius 3 is 2.78 bits per heavy atom. The maximum absolute atomic E-state index is 12.3. The maximum atomic E-state index is 12.3. The number of carbonyl (C=O) groups is 1. The van der Waals surface area contributed by atoms with Gasteiger partial charge in [-0.05, 0) is 54.0 Å². The molecule has 6 nitrogen and oxygen atoms in total. The van der Waals surface area contributed by atoms with Gasteiger partial charge in [-0.3, -0.25) is 4.79 Å². The lowest BCUT2D eigenvalue weighted by Gasteiger charge is -2.12. The number of fused-ring (bicyclic) bond motifs is 1. The quantitative estimate of drug-likeness (QED) is 0.759. The number of benzene rings is 2. The Kier molecular flexibility index (Phi) is 5.82. The number of ether oxygens (including phenoxy) is 1. The van der Waals surface area contributed by atoms with Crippen LogP contribution in [-0.4, -0.2) is 28.0 Å². The van der Waals surface area contributed by atoms with Gasteiger partial charge in [-0.15, -0.1) is 0 Å². The fourth-order valence-electron chi connectivity index (χ4n) is 3.60. The van der Waals surface area contributed by atoms with Crippen molar-refractivity contribution in [2.24, 2.45) is 5.14 Å². The molecule has 3 rings (SSSR count). The number of nitrogens with two attached hydrogens (primary N) is 1. The first kappa shape index (κ1) is 19.4. The standard InChI is InChI=1S/C20H24N2O4S/c1-26-18-9-6-14(12-19(18)27(21,24)25)10-11-22-20(23)13-16-8-7-15-4-2-3-5-17(15)16/h2-6,9,12,16H,7-8,10-11,13H2,1H3,(H,22,23)(H2,21,24,25)/t16-/m1/s1. The van der Waals surface area contributed by atoms with Gasteiger partial charge in [-0.1, -0.05) is 30.3 Å². The van der Waals surface area contributed by atoms with Crippen molar-refractivity contribution in [1.29, 1.82) is 0 Å². The normalized spacial score (nSPS) is 16.0. The monoisotopic (exact) mass is 388 g/mol. The molecule has 27 heavy (non-hydrogen) atoms. The molecule has 0 heterocycles. The van der Waals surface area contributed by atoms with Crippen LogP contribution in [0.15, 0.2) is 47.4 Å². The zero-order chi connectivity index (χ0) is 19.4. The molecule has 0 aromatic heterocycles. The minimum Gasteiger partial charge on any atom is -0.495 e. The first-order chi connectivity index (χ1) is 12.9. The van der Waals surface area contributed by atoms with E-state index in [9.17, 15) is 13.2 Å². The van der Waals surface area contributed by atoms with Gasteiger partial charge in [0.2, 0.25) is 15.9 Å². The van der Waals surface area contributed by atoms with Gasteiger partial charge >= 0.3 is 0 Å². The molecule has 0 bridgehead atoms. The van der Waals surface area contributed by atoms with Crippen molar-refractivity contribution in [3.8, 4) is 5.75 Å². The number of aryl methyl sites for hydroxylation is 1. The SMILES string of the molecule is COc1ccc(CCNC(=O)C[C@H]2CCc3ccccc32)cc1S(N)(=O)=O. The average molecular weight is 388 g/mol. The van der Waals surface area contributed by atoms with E-state index in [0.29, 0.717) is 19.4 Å². The van der Waals surface area contributed by atoms with Gasteiger partial charge < -0.3 is 10.1 Å². The van der Waals surface area contributed by atoms with E-state index in [-0.39, 0.29) is 22.5 Å². The number of nitrogens with one attached hydrogen (secondary N) is 1. The van der Waals surface area contributed by atoms with Gasteiger partial charge in [-0.25, -0.2) is 13.6 Å². The Balaban J connectivity index is 1.55. The fraction of sp³-hybridized carbons (Fsp3) is 0.350. The van der Waals surface area contributed by atoms with Crippen molar-refractivity contribution >= 4 is 15.9 Å². The van der Waals surface area contributed by atoms with Crippen molar-refractivity contribution in [3.05, 3.63) is 59.2 Å². The Morgan fingerprint density at radius 1 is 1.26 bits per heavy atom. The van der Waals surface area contributed by atoms with E-state index >= 15 is 0 Å². The van der Waals surface area contributed by atoms with Crippen molar-refractivity contribution in [3.63, 3.8) is 0 Å². The molecule has 0 unspecified atom stereocenters. The summed E-state index contributed by atoms with van der Waals surface area (Å²) in [6, 6.07) is 13.1. The summed E-state index contributed by atoms with van der Waals surface area (Å²) in [5.41, 5.74) is 3.39. The van der Waals surface area contributed by atoms with Gasteiger partial charge in [0.15, 0.2) is 0 Å². The lowest BCUT2D eigenvalue weighted by atomic mass is 9.97. The topological polar surface area (TPSA) is 98.5 Å². The zero-order valence-corrected chi connectivity index (χ0v) is 16.1. The highest BCUT2D eigenvalue weighted by atomic mass is 32.2. The van der Waals surface area contributed by atoms with Gasteiger partial charge in [0.05, 0.1) is 7.11 Å². The highest BCUT2D eigenvalue weighted by Crippen LogP contribution is 2.35. The third kappa shape index (κ3) is 4.67. The molecule has 1 aliphatic carbocycles. The number of amides is 1. The summed E-state index contributed by atoms with van der Waals surface area (Å²) in [7, 11) is -2.47. The molecule has 0 aliphatic heterocycles. The molecule has 0 radical (unpaired) electrons. The van der Waals surface area contributed by atoms with Crippen LogP contribution < -0.4 is 15.2 Å². The predicted molar refractivity (Wildman–Crippen MR) is 103 cm³/mol. The zero-order valence-electron chi connectivity index (χ0n) is 15.3. The molecule has 0 spiro atoms. The Morgan fingerprint density at radius 2 is 2.04 bits per heavy atom. The third-order valence-electron chi connectivity index (χ3n) is 4.96. The second kappa shape index (κ2) is 8.10. The predicted octanol–water partition coefficient (Wildman–Crippen LogP) is 2.12. The van der Waals surface area contributed by atoms with Crippen LogP contribution in [0, 0.1) is 0 Å². The lowest BCUT2D eigenvalue weighted by molar-refractivity contribution is -0.121. The highest BCUT2D eigenvalue weighted by Gasteiger charge is 2.24. The van der Waals surface area contributed by atoms with Crippen molar-refractivity contribution in [2.45, 2.75) is 36.5 Å². The van der Waals surface area contributed by atoms with Crippen LogP contribution in [0.5, 0.6) is 5.75 Å². The Hall–Kier alpha value is -2.38. The largest absolute Gasteiger partial charge is 0.495 e. The fourth-order valence-corrected chi connectivity index (χ4v) is 4.35. The Labute approximate surface area is 159 Å². The van der Waals surface area contributed by atoms with E-state index < -0.39 is 10.0 Å². The second-order valence-corrected chi connectivity index (χ2v) is 8.30. The van der Waals surface area contributed by atoms with Crippen LogP contribution in [0.3, 0.4) is 0 Å². The van der Waals surface area contributed by atoms with E-state index in [1.807, 2.05) is 12.1 Å². The number of primary sulfonamides is 1. The van der Waals surface area contributed by atoms with Gasteiger partial charge in [0.1, 0.15) is 10.6 Å². The number of methoxy groups -OCH3 is 1. The van der Waals surface area contributed by atoms with Crippen LogP contribution in [0.25, 0.3) is 0 Å². The summed E-state index contributed by atoms with van der Waals surface area (Å²) in [6.45, 7) is 0.434. The molecule has 2 aromatic carbocycles. The second-order valence-electron chi connectivity index (χ2n) is 6.77. The maximum Gasteiger partial charge on any atom is 0.241 e. The number of hydrogen-bond acceptors (Lipinski definition) is 4. The summed E-state index contributed by atoms with van der Waals surface area (Å²) in [5, 5.41) is 8.16. The van der Waals surface area contributed by atoms with Crippen molar-refractivity contribution in [1.82, 2.24) is 5.32 Å². The molecule has 7 heteroatoms. The molecule has 3 N–H and O–H groups in total. The molecule has 1 atom stereocenters. The van der Waals surface area contributed by atoms with Crippen LogP contribution >= 0.6 is 0 Å². The number of rotatable bonds is 7. The molecule has 0 saturated carbocycles. The number of hydrogen-bond donors (Lipinski definition) is 2. The third-order valence-corrected chi connectivity index (χ3v) is 5.89. The molecule has 144 valence electrons. The molecule has 1 amide bonds. The summed E-state index contributed by atoms with van der Waals surface area (Å²) in [6.07, 6.45) is 3.01. The van der Waals surface area contributed by atoms with Gasteiger partial charge in [0.25, 0.3) is 0 Å². The van der Waals surface area contributed by atoms with Gasteiger partial charge in [-0.2, -0.15) is 0 Å². The summed E-state index contributed by atoms with van der Waals surface area (Å²) in [4.78, 5) is 12.2. The minimum atomic E-state index is -3.87. The van der Waals surface area contributed by atoms with Crippen molar-refractivity contribution in [2.75, 3.05) is 13.7 Å². The van der Waals surface area contributed by atoms with E-state index in [1.165, 1.54) is 24.3 Å². The number of carbonyl (C=O) groups excluding carboxylic acids is 1. The van der Waals surface area contributed by atoms with Crippen LogP contribution in [0.1, 0.15) is 35.4 Å². The minimum absolute atomic E-state index is 0.0110. The molecule has 0 saturated heterocycles. The summed E-state index contributed by atoms with van der Waals surface area (Å²) >= 11 is 0. The molecular weight excluding hydrogens is 364 g/mol. The van der Waals surface area contributed by atoms with Crippen LogP contribution in [0.4, 0.5) is 0 Å². The summed E-state index contributed by atoms with van der Waals surface area (Å²) in [5.74, 6) is 0.498. The van der Waals surface area contributed by atoms with E-state index in [2.05, 4.69) is 17.4 Å². The van der Waals surface area contributed by atoms with E-state index in [0.717, 1.165) is 18.4 Å². The molecule has 0 fully saturated rings.